The number of rotatable bonds is 5. The molecule has 0 bridgehead atoms. The first-order chi connectivity index (χ1) is 20.8. The van der Waals surface area contributed by atoms with Crippen LogP contribution in [0, 0.1) is 0 Å². The lowest BCUT2D eigenvalue weighted by Gasteiger charge is -2.22. The topological polar surface area (TPSA) is 17.0 Å². The fourth-order valence-electron chi connectivity index (χ4n) is 6.48. The molecule has 0 amide bonds. The molecule has 6 aromatic carbocycles. The van der Waals surface area contributed by atoms with Crippen LogP contribution < -0.4 is 5.32 Å². The molecule has 0 saturated carbocycles. The van der Waals surface area contributed by atoms with Gasteiger partial charge in [-0.1, -0.05) is 115 Å². The van der Waals surface area contributed by atoms with Crippen molar-refractivity contribution in [3.05, 3.63) is 163 Å². The fourth-order valence-corrected chi connectivity index (χ4v) is 6.48. The molecule has 0 fully saturated rings. The Balaban J connectivity index is 1.18. The van der Waals surface area contributed by atoms with Gasteiger partial charge in [0.25, 0.3) is 0 Å². The highest BCUT2D eigenvalue weighted by Crippen LogP contribution is 2.38. The molecular weight excluding hydrogens is 508 g/mol. The normalized spacial score (nSPS) is 14.2. The first-order valence-corrected chi connectivity index (χ1v) is 14.6. The predicted molar refractivity (Wildman–Crippen MR) is 178 cm³/mol. The summed E-state index contributed by atoms with van der Waals surface area (Å²) in [6.45, 7) is 0. The van der Waals surface area contributed by atoms with Crippen LogP contribution in [0.15, 0.2) is 152 Å². The van der Waals surface area contributed by atoms with Gasteiger partial charge < -0.3 is 9.88 Å². The zero-order valence-electron chi connectivity index (χ0n) is 23.2. The minimum Gasteiger partial charge on any atom is -0.378 e. The Morgan fingerprint density at radius 3 is 2.17 bits per heavy atom. The van der Waals surface area contributed by atoms with Gasteiger partial charge in [-0.05, 0) is 87.5 Å². The van der Waals surface area contributed by atoms with Gasteiger partial charge in [0, 0.05) is 28.5 Å². The number of hydrogen-bond acceptors (Lipinski definition) is 1. The van der Waals surface area contributed by atoms with Crippen molar-refractivity contribution in [3.8, 4) is 27.9 Å². The van der Waals surface area contributed by atoms with E-state index in [1.54, 1.807) is 0 Å². The van der Waals surface area contributed by atoms with Crippen molar-refractivity contribution in [2.24, 2.45) is 0 Å². The van der Waals surface area contributed by atoms with E-state index in [9.17, 15) is 0 Å². The van der Waals surface area contributed by atoms with Crippen LogP contribution in [0.3, 0.4) is 0 Å². The highest BCUT2D eigenvalue weighted by Gasteiger charge is 2.23. The first kappa shape index (κ1) is 24.5. The van der Waals surface area contributed by atoms with Crippen molar-refractivity contribution >= 4 is 33.4 Å². The summed E-state index contributed by atoms with van der Waals surface area (Å²) < 4.78 is 2.39. The van der Waals surface area contributed by atoms with Crippen LogP contribution in [-0.2, 0) is 6.42 Å². The van der Waals surface area contributed by atoms with Crippen LogP contribution in [0.5, 0.6) is 0 Å². The molecule has 2 heteroatoms. The second kappa shape index (κ2) is 10.2. The minimum atomic E-state index is 0.194. The molecule has 0 radical (unpaired) electrons. The second-order valence-corrected chi connectivity index (χ2v) is 11.1. The van der Waals surface area contributed by atoms with Crippen LogP contribution in [0.4, 0.5) is 5.69 Å². The number of aromatic nitrogens is 1. The van der Waals surface area contributed by atoms with Crippen molar-refractivity contribution < 1.29 is 0 Å². The monoisotopic (exact) mass is 538 g/mol. The van der Waals surface area contributed by atoms with Gasteiger partial charge in [-0.3, -0.25) is 0 Å². The zero-order valence-corrected chi connectivity index (χ0v) is 23.2. The summed E-state index contributed by atoms with van der Waals surface area (Å²) >= 11 is 0. The molecule has 42 heavy (non-hydrogen) atoms. The van der Waals surface area contributed by atoms with Gasteiger partial charge in [-0.2, -0.15) is 0 Å². The third-order valence-corrected chi connectivity index (χ3v) is 8.46. The van der Waals surface area contributed by atoms with Crippen molar-refractivity contribution in [2.45, 2.75) is 12.5 Å². The predicted octanol–water partition coefficient (Wildman–Crippen LogP) is 10.2. The van der Waals surface area contributed by atoms with E-state index in [2.05, 4.69) is 168 Å². The van der Waals surface area contributed by atoms with E-state index in [1.807, 2.05) is 0 Å². The zero-order chi connectivity index (χ0) is 27.9. The van der Waals surface area contributed by atoms with E-state index < -0.39 is 0 Å². The van der Waals surface area contributed by atoms with Gasteiger partial charge in [0.15, 0.2) is 0 Å². The summed E-state index contributed by atoms with van der Waals surface area (Å²) in [4.78, 5) is 0. The van der Waals surface area contributed by atoms with E-state index in [0.29, 0.717) is 0 Å². The summed E-state index contributed by atoms with van der Waals surface area (Å²) in [6, 6.07) is 52.5. The van der Waals surface area contributed by atoms with Crippen LogP contribution in [0.25, 0.3) is 55.7 Å². The molecule has 7 aromatic rings. The Labute approximate surface area is 246 Å². The maximum absolute atomic E-state index is 3.87. The molecule has 1 heterocycles. The highest BCUT2D eigenvalue weighted by atomic mass is 15.0. The van der Waals surface area contributed by atoms with Gasteiger partial charge in [-0.15, -0.1) is 0 Å². The van der Waals surface area contributed by atoms with E-state index in [1.165, 1.54) is 60.9 Å². The molecule has 1 aliphatic rings. The molecule has 0 saturated heterocycles. The summed E-state index contributed by atoms with van der Waals surface area (Å²) in [5.41, 5.74) is 11.2. The smallest absolute Gasteiger partial charge is 0.0537 e. The number of anilines is 1. The molecular formula is C40H30N2. The second-order valence-electron chi connectivity index (χ2n) is 11.1. The molecule has 1 unspecified atom stereocenters. The van der Waals surface area contributed by atoms with Gasteiger partial charge >= 0.3 is 0 Å². The summed E-state index contributed by atoms with van der Waals surface area (Å²) in [7, 11) is 0. The van der Waals surface area contributed by atoms with Crippen LogP contribution in [-0.4, -0.2) is 10.6 Å². The Hall–Kier alpha value is -5.34. The van der Waals surface area contributed by atoms with Gasteiger partial charge in [-0.25, -0.2) is 0 Å². The minimum absolute atomic E-state index is 0.194. The molecule has 8 rings (SSSR count). The number of nitrogens with one attached hydrogen (secondary N) is 1. The Bertz CT molecular complexity index is 2080. The number of para-hydroxylation sites is 2. The first-order valence-electron chi connectivity index (χ1n) is 14.6. The summed E-state index contributed by atoms with van der Waals surface area (Å²) in [5.74, 6) is 0. The van der Waals surface area contributed by atoms with E-state index in [4.69, 9.17) is 0 Å². The molecule has 0 aliphatic heterocycles. The molecule has 1 atom stereocenters. The Morgan fingerprint density at radius 1 is 0.571 bits per heavy atom. The molecule has 0 spiro atoms. The Kier molecular flexibility index (Phi) is 5.97. The van der Waals surface area contributed by atoms with Gasteiger partial charge in [0.05, 0.1) is 5.52 Å². The van der Waals surface area contributed by atoms with E-state index in [-0.39, 0.29) is 6.04 Å². The average Bonchev–Trinajstić information content (AvgIpc) is 3.39. The lowest BCUT2D eigenvalue weighted by atomic mass is 9.92. The third-order valence-electron chi connectivity index (χ3n) is 8.46. The van der Waals surface area contributed by atoms with Crippen molar-refractivity contribution in [2.75, 3.05) is 5.32 Å². The van der Waals surface area contributed by atoms with Gasteiger partial charge in [0.2, 0.25) is 0 Å². The number of benzene rings is 6. The lowest BCUT2D eigenvalue weighted by Crippen LogP contribution is -2.22. The van der Waals surface area contributed by atoms with Crippen molar-refractivity contribution in [3.63, 3.8) is 0 Å². The average molecular weight is 539 g/mol. The lowest BCUT2D eigenvalue weighted by molar-refractivity contribution is 0.852. The van der Waals surface area contributed by atoms with Crippen LogP contribution >= 0.6 is 0 Å². The summed E-state index contributed by atoms with van der Waals surface area (Å²) in [6.07, 6.45) is 5.55. The summed E-state index contributed by atoms with van der Waals surface area (Å²) in [5, 5.41) is 7.70. The Morgan fingerprint density at radius 2 is 1.31 bits per heavy atom. The molecule has 1 aliphatic carbocycles. The van der Waals surface area contributed by atoms with Crippen molar-refractivity contribution in [1.82, 2.24) is 4.57 Å². The molecule has 1 aromatic heterocycles. The number of fused-ring (bicyclic) bond motifs is 4. The van der Waals surface area contributed by atoms with E-state index in [0.717, 1.165) is 12.1 Å². The van der Waals surface area contributed by atoms with Crippen molar-refractivity contribution in [1.29, 1.82) is 0 Å². The quantitative estimate of drug-likeness (QED) is 0.231. The SMILES string of the molecule is C1=CC(Nc2ccc(-c3ccccc3)c(-c3ccc4ccccc4c3)c2)Cc2c1n(-c1ccccc1)c1ccccc21. The molecule has 1 N–H and O–H groups in total. The van der Waals surface area contributed by atoms with Crippen LogP contribution in [0.2, 0.25) is 0 Å². The highest BCUT2D eigenvalue weighted by molar-refractivity contribution is 5.93. The molecule has 200 valence electrons. The molecule has 2 nitrogen and oxygen atoms in total. The van der Waals surface area contributed by atoms with Crippen LogP contribution in [0.1, 0.15) is 11.3 Å². The largest absolute Gasteiger partial charge is 0.378 e. The van der Waals surface area contributed by atoms with Gasteiger partial charge in [0.1, 0.15) is 0 Å². The number of nitrogens with zero attached hydrogens (tertiary/aromatic N) is 1. The maximum Gasteiger partial charge on any atom is 0.0537 e. The number of hydrogen-bond donors (Lipinski definition) is 1. The standard InChI is InChI=1S/C40H30N2/c1-3-12-29(13-4-1)35-23-21-32(26-37(35)31-20-19-28-11-7-8-14-30(28)25-31)41-33-22-24-40-38(27-33)36-17-9-10-18-39(36)42(40)34-15-5-2-6-16-34/h1-26,33,41H,27H2. The van der Waals surface area contributed by atoms with E-state index >= 15 is 0 Å². The maximum atomic E-state index is 3.87. The third kappa shape index (κ3) is 4.29. The fraction of sp³-hybridized carbons (Fsp3) is 0.0500.